The van der Waals surface area contributed by atoms with Crippen molar-refractivity contribution in [2.24, 2.45) is 11.1 Å². The highest BCUT2D eigenvalue weighted by atomic mass is 32.1. The van der Waals surface area contributed by atoms with Crippen LogP contribution in [0.2, 0.25) is 0 Å². The summed E-state index contributed by atoms with van der Waals surface area (Å²) in [5, 5.41) is 3.95. The first-order valence-corrected chi connectivity index (χ1v) is 8.47. The summed E-state index contributed by atoms with van der Waals surface area (Å²) in [4.78, 5) is 33.7. The van der Waals surface area contributed by atoms with E-state index in [0.717, 1.165) is 10.9 Å². The quantitative estimate of drug-likeness (QED) is 0.775. The van der Waals surface area contributed by atoms with Crippen molar-refractivity contribution < 1.29 is 14.3 Å². The highest BCUT2D eigenvalue weighted by Crippen LogP contribution is 2.34. The lowest BCUT2D eigenvalue weighted by Gasteiger charge is -2.21. The zero-order valence-electron chi connectivity index (χ0n) is 14.5. The molecule has 0 unspecified atom stereocenters. The lowest BCUT2D eigenvalue weighted by Crippen LogP contribution is -2.37. The van der Waals surface area contributed by atoms with Gasteiger partial charge in [0.25, 0.3) is 0 Å². The molecule has 1 amide bonds. The number of esters is 1. The summed E-state index contributed by atoms with van der Waals surface area (Å²) in [6, 6.07) is 0. The van der Waals surface area contributed by atoms with E-state index in [0.29, 0.717) is 34.5 Å². The number of carbonyl (C=O) groups excluding carboxylic acids is 2. The number of primary amides is 1. The molecule has 3 N–H and O–H groups in total. The normalized spacial score (nSPS) is 11.5. The number of rotatable bonds is 6. The summed E-state index contributed by atoms with van der Waals surface area (Å²) in [7, 11) is 0. The van der Waals surface area contributed by atoms with Crippen LogP contribution in [0.3, 0.4) is 0 Å². The van der Waals surface area contributed by atoms with Gasteiger partial charge in [-0.3, -0.25) is 4.79 Å². The van der Waals surface area contributed by atoms with Gasteiger partial charge in [0, 0.05) is 6.54 Å². The van der Waals surface area contributed by atoms with Crippen molar-refractivity contribution in [3.8, 4) is 0 Å². The fourth-order valence-corrected chi connectivity index (χ4v) is 3.28. The molecule has 24 heavy (non-hydrogen) atoms. The average molecular weight is 350 g/mol. The SMILES string of the molecule is CCOC(=O)c1sc2nc(C)nc(NCC(C)(C)C(N)=O)c2c1C. The topological polar surface area (TPSA) is 107 Å². The van der Waals surface area contributed by atoms with E-state index in [1.54, 1.807) is 27.7 Å². The first kappa shape index (κ1) is 18.1. The molecule has 0 aromatic carbocycles. The number of carbonyl (C=O) groups is 2. The number of hydrogen-bond acceptors (Lipinski definition) is 7. The van der Waals surface area contributed by atoms with Gasteiger partial charge in [-0.2, -0.15) is 0 Å². The lowest BCUT2D eigenvalue weighted by molar-refractivity contribution is -0.125. The minimum absolute atomic E-state index is 0.315. The molecule has 0 aliphatic heterocycles. The zero-order chi connectivity index (χ0) is 18.1. The Kier molecular flexibility index (Phi) is 5.08. The number of amides is 1. The van der Waals surface area contributed by atoms with Crippen LogP contribution in [0.5, 0.6) is 0 Å². The maximum atomic E-state index is 12.1. The highest BCUT2D eigenvalue weighted by Gasteiger charge is 2.26. The maximum absolute atomic E-state index is 12.1. The van der Waals surface area contributed by atoms with E-state index in [9.17, 15) is 9.59 Å². The summed E-state index contributed by atoms with van der Waals surface area (Å²) < 4.78 is 5.10. The van der Waals surface area contributed by atoms with E-state index in [2.05, 4.69) is 15.3 Å². The molecule has 0 saturated heterocycles. The second-order valence-electron chi connectivity index (χ2n) is 6.18. The number of nitrogens with two attached hydrogens (primary N) is 1. The van der Waals surface area contributed by atoms with E-state index in [4.69, 9.17) is 10.5 Å². The number of fused-ring (bicyclic) bond motifs is 1. The maximum Gasteiger partial charge on any atom is 0.348 e. The summed E-state index contributed by atoms with van der Waals surface area (Å²) in [6.07, 6.45) is 0. The second-order valence-corrected chi connectivity index (χ2v) is 7.18. The predicted molar refractivity (Wildman–Crippen MR) is 94.3 cm³/mol. The van der Waals surface area contributed by atoms with Crippen LogP contribution in [-0.4, -0.2) is 35.0 Å². The Morgan fingerprint density at radius 2 is 1.96 bits per heavy atom. The molecule has 2 aromatic rings. The molecule has 0 atom stereocenters. The highest BCUT2D eigenvalue weighted by molar-refractivity contribution is 7.20. The Morgan fingerprint density at radius 1 is 1.29 bits per heavy atom. The van der Waals surface area contributed by atoms with Crippen LogP contribution in [0.1, 0.15) is 41.8 Å². The fourth-order valence-electron chi connectivity index (χ4n) is 2.16. The number of thiophene rings is 1. The minimum atomic E-state index is -0.723. The molecular weight excluding hydrogens is 328 g/mol. The Bertz CT molecular complexity index is 798. The summed E-state index contributed by atoms with van der Waals surface area (Å²) in [5.74, 6) is 0.417. The summed E-state index contributed by atoms with van der Waals surface area (Å²) in [6.45, 7) is 9.56. The third kappa shape index (κ3) is 3.48. The number of ether oxygens (including phenoxy) is 1. The summed E-state index contributed by atoms with van der Waals surface area (Å²) >= 11 is 1.28. The van der Waals surface area contributed by atoms with Gasteiger partial charge in [0.2, 0.25) is 5.91 Å². The number of anilines is 1. The summed E-state index contributed by atoms with van der Waals surface area (Å²) in [5.41, 5.74) is 5.46. The van der Waals surface area contributed by atoms with Crippen molar-refractivity contribution in [3.05, 3.63) is 16.3 Å². The monoisotopic (exact) mass is 350 g/mol. The molecule has 7 nitrogen and oxygen atoms in total. The Balaban J connectivity index is 2.46. The van der Waals surface area contributed by atoms with Crippen molar-refractivity contribution in [3.63, 3.8) is 0 Å². The molecule has 0 fully saturated rings. The first-order valence-electron chi connectivity index (χ1n) is 7.66. The Hall–Kier alpha value is -2.22. The van der Waals surface area contributed by atoms with E-state index in [1.807, 2.05) is 6.92 Å². The van der Waals surface area contributed by atoms with Crippen LogP contribution >= 0.6 is 11.3 Å². The molecule has 0 spiro atoms. The molecule has 2 aromatic heterocycles. The third-order valence-corrected chi connectivity index (χ3v) is 4.89. The number of aryl methyl sites for hydroxylation is 2. The van der Waals surface area contributed by atoms with Gasteiger partial charge in [0.15, 0.2) is 0 Å². The van der Waals surface area contributed by atoms with E-state index < -0.39 is 11.3 Å². The van der Waals surface area contributed by atoms with Gasteiger partial charge in [-0.1, -0.05) is 0 Å². The van der Waals surface area contributed by atoms with E-state index in [-0.39, 0.29) is 5.97 Å². The molecule has 0 aliphatic rings. The van der Waals surface area contributed by atoms with Crippen molar-refractivity contribution in [1.29, 1.82) is 0 Å². The van der Waals surface area contributed by atoms with Gasteiger partial charge < -0.3 is 15.8 Å². The molecule has 2 heterocycles. The molecule has 0 bridgehead atoms. The Morgan fingerprint density at radius 3 is 2.54 bits per heavy atom. The smallest absolute Gasteiger partial charge is 0.348 e. The number of aromatic nitrogens is 2. The van der Waals surface area contributed by atoms with Crippen molar-refractivity contribution in [2.45, 2.75) is 34.6 Å². The van der Waals surface area contributed by atoms with Gasteiger partial charge in [-0.25, -0.2) is 14.8 Å². The van der Waals surface area contributed by atoms with Crippen LogP contribution in [0.4, 0.5) is 5.82 Å². The lowest BCUT2D eigenvalue weighted by atomic mass is 9.93. The van der Waals surface area contributed by atoms with Crippen LogP contribution in [0, 0.1) is 19.3 Å². The van der Waals surface area contributed by atoms with Crippen molar-refractivity contribution >= 4 is 39.2 Å². The molecule has 2 rings (SSSR count). The fraction of sp³-hybridized carbons (Fsp3) is 0.500. The van der Waals surface area contributed by atoms with E-state index in [1.165, 1.54) is 11.3 Å². The van der Waals surface area contributed by atoms with E-state index >= 15 is 0 Å². The molecule has 0 saturated carbocycles. The van der Waals surface area contributed by atoms with Crippen LogP contribution < -0.4 is 11.1 Å². The van der Waals surface area contributed by atoms with Crippen LogP contribution in [-0.2, 0) is 9.53 Å². The zero-order valence-corrected chi connectivity index (χ0v) is 15.3. The Labute approximate surface area is 144 Å². The van der Waals surface area contributed by atoms with Gasteiger partial charge in [-0.05, 0) is 40.2 Å². The van der Waals surface area contributed by atoms with Crippen LogP contribution in [0.15, 0.2) is 0 Å². The standard InChI is InChI=1S/C16H22N4O3S/c1-6-23-14(21)11-8(2)10-12(18-7-16(4,5)15(17)22)19-9(3)20-13(10)24-11/h6-7H2,1-5H3,(H2,17,22)(H,18,19,20). The number of nitrogens with zero attached hydrogens (tertiary/aromatic N) is 2. The second kappa shape index (κ2) is 6.72. The number of hydrogen-bond donors (Lipinski definition) is 2. The number of nitrogens with one attached hydrogen (secondary N) is 1. The van der Waals surface area contributed by atoms with Crippen LogP contribution in [0.25, 0.3) is 10.2 Å². The minimum Gasteiger partial charge on any atom is -0.462 e. The van der Waals surface area contributed by atoms with Gasteiger partial charge in [0.1, 0.15) is 21.3 Å². The largest absolute Gasteiger partial charge is 0.462 e. The molecule has 0 aliphatic carbocycles. The first-order chi connectivity index (χ1) is 11.2. The average Bonchev–Trinajstić information content (AvgIpc) is 2.82. The van der Waals surface area contributed by atoms with Gasteiger partial charge in [0.05, 0.1) is 17.4 Å². The molecule has 8 heteroatoms. The van der Waals surface area contributed by atoms with Crippen molar-refractivity contribution in [2.75, 3.05) is 18.5 Å². The molecule has 0 radical (unpaired) electrons. The van der Waals surface area contributed by atoms with Gasteiger partial charge in [-0.15, -0.1) is 11.3 Å². The third-order valence-electron chi connectivity index (χ3n) is 3.73. The molecule has 130 valence electrons. The van der Waals surface area contributed by atoms with Gasteiger partial charge >= 0.3 is 5.97 Å². The van der Waals surface area contributed by atoms with Crippen molar-refractivity contribution in [1.82, 2.24) is 9.97 Å². The predicted octanol–water partition coefficient (Wildman–Crippen LogP) is 2.41. The molecular formula is C16H22N4O3S.